The average molecular weight is 224 g/mol. The number of nitrogens with zero attached hydrogens (tertiary/aromatic N) is 3. The van der Waals surface area contributed by atoms with Crippen LogP contribution < -0.4 is 5.32 Å². The summed E-state index contributed by atoms with van der Waals surface area (Å²) in [4.78, 5) is 0. The second kappa shape index (κ2) is 5.96. The van der Waals surface area contributed by atoms with Gasteiger partial charge in [-0.3, -0.25) is 0 Å². The van der Waals surface area contributed by atoms with Crippen LogP contribution in [0.3, 0.4) is 0 Å². The van der Waals surface area contributed by atoms with E-state index in [0.29, 0.717) is 5.92 Å². The Morgan fingerprint density at radius 1 is 1.50 bits per heavy atom. The fraction of sp³-hybridized carbons (Fsp3) is 0.818. The maximum absolute atomic E-state index is 5.06. The van der Waals surface area contributed by atoms with Gasteiger partial charge in [0.05, 0.1) is 0 Å². The molecule has 0 unspecified atom stereocenters. The molecule has 1 aromatic rings. The smallest absolute Gasteiger partial charge is 0.136 e. The van der Waals surface area contributed by atoms with E-state index in [0.717, 1.165) is 38.5 Å². The Morgan fingerprint density at radius 2 is 2.31 bits per heavy atom. The summed E-state index contributed by atoms with van der Waals surface area (Å²) < 4.78 is 7.24. The minimum atomic E-state index is 0.575. The van der Waals surface area contributed by atoms with Crippen LogP contribution in [0.4, 0.5) is 0 Å². The number of aromatic nitrogens is 3. The van der Waals surface area contributed by atoms with E-state index < -0.39 is 0 Å². The Bertz CT molecular complexity index is 307. The first-order chi connectivity index (χ1) is 7.92. The van der Waals surface area contributed by atoms with Crippen LogP contribution in [0.15, 0.2) is 6.33 Å². The van der Waals surface area contributed by atoms with Gasteiger partial charge in [-0.2, -0.15) is 0 Å². The van der Waals surface area contributed by atoms with E-state index in [-0.39, 0.29) is 0 Å². The summed E-state index contributed by atoms with van der Waals surface area (Å²) in [5, 5.41) is 11.7. The number of methoxy groups -OCH3 is 1. The molecule has 0 spiro atoms. The maximum atomic E-state index is 5.06. The zero-order valence-electron chi connectivity index (χ0n) is 9.85. The molecule has 1 N–H and O–H groups in total. The van der Waals surface area contributed by atoms with E-state index in [1.807, 2.05) is 6.33 Å². The van der Waals surface area contributed by atoms with Crippen LogP contribution in [0.5, 0.6) is 0 Å². The van der Waals surface area contributed by atoms with Crippen molar-refractivity contribution < 1.29 is 4.74 Å². The van der Waals surface area contributed by atoms with Crippen LogP contribution >= 0.6 is 0 Å². The van der Waals surface area contributed by atoms with Gasteiger partial charge in [-0.25, -0.2) is 0 Å². The van der Waals surface area contributed by atoms with E-state index in [1.165, 1.54) is 12.8 Å². The molecule has 16 heavy (non-hydrogen) atoms. The van der Waals surface area contributed by atoms with E-state index >= 15 is 0 Å². The predicted molar refractivity (Wildman–Crippen MR) is 61.4 cm³/mol. The normalized spacial score (nSPS) is 17.8. The molecule has 1 aliphatic rings. The van der Waals surface area contributed by atoms with Crippen molar-refractivity contribution in [2.45, 2.75) is 31.7 Å². The quantitative estimate of drug-likeness (QED) is 0.751. The first kappa shape index (κ1) is 11.5. The van der Waals surface area contributed by atoms with E-state index in [4.69, 9.17) is 4.74 Å². The summed E-state index contributed by atoms with van der Waals surface area (Å²) in [6, 6.07) is 0. The van der Waals surface area contributed by atoms with Gasteiger partial charge in [0.15, 0.2) is 0 Å². The fourth-order valence-corrected chi connectivity index (χ4v) is 2.21. The summed E-state index contributed by atoms with van der Waals surface area (Å²) in [5.74, 6) is 1.73. The number of nitrogens with one attached hydrogen (secondary N) is 1. The average Bonchev–Trinajstić information content (AvgIpc) is 2.79. The highest BCUT2D eigenvalue weighted by molar-refractivity contribution is 4.98. The molecule has 0 aromatic carbocycles. The Labute approximate surface area is 96.2 Å². The molecule has 1 aromatic heterocycles. The van der Waals surface area contributed by atoms with Gasteiger partial charge in [0.25, 0.3) is 0 Å². The van der Waals surface area contributed by atoms with Crippen molar-refractivity contribution in [1.29, 1.82) is 0 Å². The summed E-state index contributed by atoms with van der Waals surface area (Å²) in [7, 11) is 1.74. The highest BCUT2D eigenvalue weighted by Gasteiger charge is 2.20. The van der Waals surface area contributed by atoms with E-state index in [2.05, 4.69) is 20.1 Å². The van der Waals surface area contributed by atoms with Gasteiger partial charge in [-0.1, -0.05) is 0 Å². The number of aryl methyl sites for hydroxylation is 1. The zero-order valence-corrected chi connectivity index (χ0v) is 9.85. The first-order valence-electron chi connectivity index (χ1n) is 5.99. The molecule has 0 aliphatic carbocycles. The van der Waals surface area contributed by atoms with Crippen LogP contribution in [0, 0.1) is 0 Å². The molecule has 1 aliphatic heterocycles. The summed E-state index contributed by atoms with van der Waals surface area (Å²) in [6.45, 7) is 3.94. The fourth-order valence-electron chi connectivity index (χ4n) is 2.21. The third-order valence-electron chi connectivity index (χ3n) is 3.10. The molecule has 1 saturated heterocycles. The molecule has 90 valence electrons. The highest BCUT2D eigenvalue weighted by atomic mass is 16.5. The number of hydrogen-bond acceptors (Lipinski definition) is 4. The van der Waals surface area contributed by atoms with Crippen LogP contribution in [0.25, 0.3) is 0 Å². The van der Waals surface area contributed by atoms with Gasteiger partial charge < -0.3 is 14.6 Å². The lowest BCUT2D eigenvalue weighted by molar-refractivity contribution is 0.189. The van der Waals surface area contributed by atoms with E-state index in [9.17, 15) is 0 Å². The predicted octanol–water partition coefficient (Wildman–Crippen LogP) is 0.782. The summed E-state index contributed by atoms with van der Waals surface area (Å²) in [6.07, 6.45) is 5.20. The van der Waals surface area contributed by atoms with Gasteiger partial charge >= 0.3 is 0 Å². The minimum Gasteiger partial charge on any atom is -0.385 e. The minimum absolute atomic E-state index is 0.575. The summed E-state index contributed by atoms with van der Waals surface area (Å²) >= 11 is 0. The van der Waals surface area contributed by atoms with Crippen molar-refractivity contribution in [2.75, 3.05) is 26.8 Å². The molecule has 5 heteroatoms. The third kappa shape index (κ3) is 2.80. The van der Waals surface area contributed by atoms with Gasteiger partial charge in [0, 0.05) is 26.2 Å². The lowest BCUT2D eigenvalue weighted by Crippen LogP contribution is -2.28. The first-order valence-corrected chi connectivity index (χ1v) is 5.99. The molecule has 2 rings (SSSR count). The van der Waals surface area contributed by atoms with Crippen LogP contribution in [0.2, 0.25) is 0 Å². The lowest BCUT2D eigenvalue weighted by Gasteiger charge is -2.22. The van der Waals surface area contributed by atoms with Gasteiger partial charge in [-0.05, 0) is 32.4 Å². The van der Waals surface area contributed by atoms with Crippen molar-refractivity contribution in [1.82, 2.24) is 20.1 Å². The molecule has 5 nitrogen and oxygen atoms in total. The van der Waals surface area contributed by atoms with Crippen molar-refractivity contribution in [3.05, 3.63) is 12.2 Å². The topological polar surface area (TPSA) is 52.0 Å². The van der Waals surface area contributed by atoms with Crippen LogP contribution in [0.1, 0.15) is 31.0 Å². The number of ether oxygens (including phenoxy) is 1. The largest absolute Gasteiger partial charge is 0.385 e. The monoisotopic (exact) mass is 224 g/mol. The Kier molecular flexibility index (Phi) is 4.30. The van der Waals surface area contributed by atoms with Crippen LogP contribution in [-0.2, 0) is 11.3 Å². The van der Waals surface area contributed by atoms with Crippen molar-refractivity contribution >= 4 is 0 Å². The molecular weight excluding hydrogens is 204 g/mol. The highest BCUT2D eigenvalue weighted by Crippen LogP contribution is 2.23. The molecule has 0 saturated carbocycles. The molecule has 0 amide bonds. The molecule has 0 bridgehead atoms. The number of rotatable bonds is 5. The second-order valence-corrected chi connectivity index (χ2v) is 4.25. The molecule has 1 fully saturated rings. The molecular formula is C11H20N4O. The van der Waals surface area contributed by atoms with E-state index in [1.54, 1.807) is 7.11 Å². The standard InChI is InChI=1S/C11H20N4O/c1-16-8-2-7-15-9-13-14-11(15)10-3-5-12-6-4-10/h9-10,12H,2-8H2,1H3. The molecule has 0 radical (unpaired) electrons. The Hall–Kier alpha value is -0.940. The van der Waals surface area contributed by atoms with Crippen molar-refractivity contribution in [3.63, 3.8) is 0 Å². The van der Waals surface area contributed by atoms with Gasteiger partial charge in [-0.15, -0.1) is 10.2 Å². The lowest BCUT2D eigenvalue weighted by atomic mass is 9.97. The third-order valence-corrected chi connectivity index (χ3v) is 3.10. The van der Waals surface area contributed by atoms with Gasteiger partial charge in [0.1, 0.15) is 12.2 Å². The molecule has 2 heterocycles. The molecule has 0 atom stereocenters. The second-order valence-electron chi connectivity index (χ2n) is 4.25. The Balaban J connectivity index is 1.94. The summed E-state index contributed by atoms with van der Waals surface area (Å²) in [5.41, 5.74) is 0. The van der Waals surface area contributed by atoms with Crippen LogP contribution in [-0.4, -0.2) is 41.6 Å². The zero-order chi connectivity index (χ0) is 11.2. The maximum Gasteiger partial charge on any atom is 0.136 e. The van der Waals surface area contributed by atoms with Gasteiger partial charge in [0.2, 0.25) is 0 Å². The van der Waals surface area contributed by atoms with Crippen molar-refractivity contribution in [2.24, 2.45) is 0 Å². The number of piperidine rings is 1. The SMILES string of the molecule is COCCCn1cnnc1C1CCNCC1. The Morgan fingerprint density at radius 3 is 3.06 bits per heavy atom. The number of hydrogen-bond donors (Lipinski definition) is 1. The van der Waals surface area contributed by atoms with Crippen molar-refractivity contribution in [3.8, 4) is 0 Å².